The average Bonchev–Trinajstić information content (AvgIpc) is 3.55. The molecule has 1 N–H and O–H groups in total. The molecular formula is C32H32FN3O4. The molecule has 1 saturated heterocycles. The Morgan fingerprint density at radius 2 is 1.77 bits per heavy atom. The summed E-state index contributed by atoms with van der Waals surface area (Å²) in [5.74, 6) is -0.311. The summed E-state index contributed by atoms with van der Waals surface area (Å²) in [6, 6.07) is 19.2. The van der Waals surface area contributed by atoms with E-state index >= 15 is 0 Å². The molecule has 7 nitrogen and oxygen atoms in total. The molecule has 40 heavy (non-hydrogen) atoms. The van der Waals surface area contributed by atoms with E-state index in [1.54, 1.807) is 24.1 Å². The van der Waals surface area contributed by atoms with Crippen molar-refractivity contribution < 1.29 is 23.2 Å². The van der Waals surface area contributed by atoms with Gasteiger partial charge in [0.2, 0.25) is 11.8 Å². The van der Waals surface area contributed by atoms with E-state index in [0.29, 0.717) is 53.1 Å². The third-order valence-corrected chi connectivity index (χ3v) is 7.35. The summed E-state index contributed by atoms with van der Waals surface area (Å²) in [7, 11) is 1.55. The number of nitrogens with one attached hydrogen (secondary N) is 1. The van der Waals surface area contributed by atoms with Gasteiger partial charge in [0.25, 0.3) is 5.91 Å². The fraction of sp³-hybridized carbons (Fsp3) is 0.281. The lowest BCUT2D eigenvalue weighted by molar-refractivity contribution is -0.127. The van der Waals surface area contributed by atoms with Gasteiger partial charge in [-0.1, -0.05) is 30.3 Å². The van der Waals surface area contributed by atoms with Crippen LogP contribution in [0.3, 0.4) is 0 Å². The summed E-state index contributed by atoms with van der Waals surface area (Å²) >= 11 is 0. The van der Waals surface area contributed by atoms with Crippen LogP contribution in [0.5, 0.6) is 0 Å². The molecule has 0 saturated carbocycles. The minimum absolute atomic E-state index is 0.120. The Kier molecular flexibility index (Phi) is 7.96. The maximum Gasteiger partial charge on any atom is 0.255 e. The number of anilines is 1. The van der Waals surface area contributed by atoms with Crippen molar-refractivity contribution >= 4 is 34.4 Å². The molecule has 0 radical (unpaired) electrons. The number of unbranched alkanes of at least 4 members (excludes halogenated alkanes) is 1. The van der Waals surface area contributed by atoms with Gasteiger partial charge in [-0.3, -0.25) is 14.4 Å². The summed E-state index contributed by atoms with van der Waals surface area (Å²) in [6.45, 7) is 3.48. The Morgan fingerprint density at radius 3 is 2.42 bits per heavy atom. The predicted molar refractivity (Wildman–Crippen MR) is 154 cm³/mol. The average molecular weight is 542 g/mol. The molecule has 0 aliphatic carbocycles. The van der Waals surface area contributed by atoms with Gasteiger partial charge < -0.3 is 19.5 Å². The van der Waals surface area contributed by atoms with Gasteiger partial charge in [0, 0.05) is 62.6 Å². The van der Waals surface area contributed by atoms with Gasteiger partial charge in [-0.2, -0.15) is 0 Å². The fourth-order valence-corrected chi connectivity index (χ4v) is 5.32. The molecule has 0 atom stereocenters. The highest BCUT2D eigenvalue weighted by molar-refractivity contribution is 6.13. The summed E-state index contributed by atoms with van der Waals surface area (Å²) < 4.78 is 19.9. The van der Waals surface area contributed by atoms with Crippen LogP contribution in [-0.2, 0) is 9.59 Å². The van der Waals surface area contributed by atoms with Crippen molar-refractivity contribution in [2.45, 2.75) is 32.6 Å². The number of rotatable bonds is 9. The van der Waals surface area contributed by atoms with Crippen LogP contribution in [0.2, 0.25) is 0 Å². The van der Waals surface area contributed by atoms with Crippen LogP contribution in [0, 0.1) is 5.82 Å². The molecule has 206 valence electrons. The first-order chi connectivity index (χ1) is 19.4. The molecule has 4 aromatic rings. The maximum atomic E-state index is 13.7. The highest BCUT2D eigenvalue weighted by Gasteiger charge is 2.26. The van der Waals surface area contributed by atoms with Crippen molar-refractivity contribution in [1.82, 2.24) is 10.2 Å². The molecular weight excluding hydrogens is 509 g/mol. The van der Waals surface area contributed by atoms with Crippen molar-refractivity contribution in [1.29, 1.82) is 0 Å². The first-order valence-corrected chi connectivity index (χ1v) is 13.6. The topological polar surface area (TPSA) is 82.9 Å². The van der Waals surface area contributed by atoms with Crippen LogP contribution in [0.15, 0.2) is 71.1 Å². The van der Waals surface area contributed by atoms with Crippen molar-refractivity contribution in [2.24, 2.45) is 0 Å². The zero-order valence-electron chi connectivity index (χ0n) is 22.7. The van der Waals surface area contributed by atoms with Gasteiger partial charge in [0.15, 0.2) is 0 Å². The first kappa shape index (κ1) is 27.1. The standard InChI is InChI=1S/C32H32FN3O4/c1-21(37)36(18-7-6-16-35-17-8-11-29(35)38)27-20-28-26(19-25(27)22-9-4-3-5-10-22)30(32(39)34-2)31(40-28)23-12-14-24(33)15-13-23/h3-5,9-10,12-15,19-20H,6-8,11,16-18H2,1-2H3,(H,34,39). The van der Waals surface area contributed by atoms with E-state index in [1.165, 1.54) is 19.1 Å². The van der Waals surface area contributed by atoms with Crippen molar-refractivity contribution in [3.63, 3.8) is 0 Å². The third kappa shape index (κ3) is 5.47. The Morgan fingerprint density at radius 1 is 1.02 bits per heavy atom. The largest absolute Gasteiger partial charge is 0.455 e. The van der Waals surface area contributed by atoms with E-state index in [-0.39, 0.29) is 23.5 Å². The molecule has 2 heterocycles. The lowest BCUT2D eigenvalue weighted by Gasteiger charge is -2.25. The second-order valence-corrected chi connectivity index (χ2v) is 9.99. The fourth-order valence-electron chi connectivity index (χ4n) is 5.32. The highest BCUT2D eigenvalue weighted by atomic mass is 19.1. The number of likely N-dealkylation sites (tertiary alicyclic amines) is 1. The van der Waals surface area contributed by atoms with Gasteiger partial charge >= 0.3 is 0 Å². The van der Waals surface area contributed by atoms with Gasteiger partial charge in [-0.25, -0.2) is 4.39 Å². The lowest BCUT2D eigenvalue weighted by atomic mass is 9.97. The molecule has 0 unspecified atom stereocenters. The van der Waals surface area contributed by atoms with Gasteiger partial charge in [0.1, 0.15) is 17.2 Å². The number of benzene rings is 3. The number of hydrogen-bond acceptors (Lipinski definition) is 4. The van der Waals surface area contributed by atoms with Crippen molar-refractivity contribution in [2.75, 3.05) is 31.6 Å². The molecule has 1 fully saturated rings. The zero-order valence-corrected chi connectivity index (χ0v) is 22.7. The van der Waals surface area contributed by atoms with E-state index in [2.05, 4.69) is 5.32 Å². The molecule has 1 aliphatic rings. The molecule has 3 aromatic carbocycles. The number of halogens is 1. The number of nitrogens with zero attached hydrogens (tertiary/aromatic N) is 2. The zero-order chi connectivity index (χ0) is 28.2. The van der Waals surface area contributed by atoms with Crippen LogP contribution in [0.4, 0.5) is 10.1 Å². The summed E-state index contributed by atoms with van der Waals surface area (Å²) in [5, 5.41) is 3.29. The van der Waals surface area contributed by atoms with Gasteiger partial charge in [0.05, 0.1) is 11.3 Å². The number of hydrogen-bond donors (Lipinski definition) is 1. The molecule has 0 spiro atoms. The van der Waals surface area contributed by atoms with Crippen LogP contribution >= 0.6 is 0 Å². The summed E-state index contributed by atoms with van der Waals surface area (Å²) in [5.41, 5.74) is 3.71. The first-order valence-electron chi connectivity index (χ1n) is 13.6. The van der Waals surface area contributed by atoms with Gasteiger partial charge in [-0.05, 0) is 55.2 Å². The third-order valence-electron chi connectivity index (χ3n) is 7.35. The molecule has 1 aliphatic heterocycles. The van der Waals surface area contributed by atoms with Crippen LogP contribution in [-0.4, -0.2) is 49.3 Å². The molecule has 3 amide bonds. The predicted octanol–water partition coefficient (Wildman–Crippen LogP) is 6.02. The monoisotopic (exact) mass is 541 g/mol. The van der Waals surface area contributed by atoms with Crippen molar-refractivity contribution in [3.05, 3.63) is 78.1 Å². The quantitative estimate of drug-likeness (QED) is 0.263. The van der Waals surface area contributed by atoms with E-state index in [1.807, 2.05) is 47.4 Å². The number of fused-ring (bicyclic) bond motifs is 1. The normalized spacial score (nSPS) is 13.2. The molecule has 8 heteroatoms. The second kappa shape index (κ2) is 11.7. The highest BCUT2D eigenvalue weighted by Crippen LogP contribution is 2.41. The minimum atomic E-state index is -0.388. The Labute approximate surface area is 232 Å². The lowest BCUT2D eigenvalue weighted by Crippen LogP contribution is -2.31. The van der Waals surface area contributed by atoms with Crippen LogP contribution < -0.4 is 10.2 Å². The van der Waals surface area contributed by atoms with Gasteiger partial charge in [-0.15, -0.1) is 0 Å². The van der Waals surface area contributed by atoms with Crippen LogP contribution in [0.1, 0.15) is 43.0 Å². The SMILES string of the molecule is CNC(=O)c1c(-c2ccc(F)cc2)oc2cc(N(CCCCN3CCCC3=O)C(C)=O)c(-c3ccccc3)cc12. The van der Waals surface area contributed by atoms with E-state index in [9.17, 15) is 18.8 Å². The molecule has 5 rings (SSSR count). The van der Waals surface area contributed by atoms with E-state index in [0.717, 1.165) is 36.9 Å². The number of carbonyl (C=O) groups excluding carboxylic acids is 3. The second-order valence-electron chi connectivity index (χ2n) is 9.99. The number of furan rings is 1. The number of carbonyl (C=O) groups is 3. The van der Waals surface area contributed by atoms with Crippen LogP contribution in [0.25, 0.3) is 33.4 Å². The Hall–Kier alpha value is -4.46. The maximum absolute atomic E-state index is 13.7. The van der Waals surface area contributed by atoms with Crippen molar-refractivity contribution in [3.8, 4) is 22.5 Å². The Bertz CT molecular complexity index is 1550. The summed E-state index contributed by atoms with van der Waals surface area (Å²) in [6.07, 6.45) is 3.02. The minimum Gasteiger partial charge on any atom is -0.455 e. The number of amides is 3. The smallest absolute Gasteiger partial charge is 0.255 e. The molecule has 1 aromatic heterocycles. The van der Waals surface area contributed by atoms with E-state index < -0.39 is 0 Å². The van der Waals surface area contributed by atoms with E-state index in [4.69, 9.17) is 4.42 Å². The molecule has 0 bridgehead atoms. The summed E-state index contributed by atoms with van der Waals surface area (Å²) in [4.78, 5) is 41.7. The Balaban J connectivity index is 1.59.